The Morgan fingerprint density at radius 2 is 1.77 bits per heavy atom. The summed E-state index contributed by atoms with van der Waals surface area (Å²) >= 11 is 0. The van der Waals surface area contributed by atoms with Crippen LogP contribution in [-0.4, -0.2) is 39.0 Å². The van der Waals surface area contributed by atoms with Crippen LogP contribution < -0.4 is 5.32 Å². The molecule has 8 heteroatoms. The number of carboxylic acids is 1. The lowest BCUT2D eigenvalue weighted by Crippen LogP contribution is -2.46. The van der Waals surface area contributed by atoms with E-state index < -0.39 is 35.3 Å². The highest BCUT2D eigenvalue weighted by atomic mass is 19.1. The van der Waals surface area contributed by atoms with Crippen molar-refractivity contribution in [3.05, 3.63) is 59.4 Å². The van der Waals surface area contributed by atoms with Crippen LogP contribution in [0.2, 0.25) is 0 Å². The lowest BCUT2D eigenvalue weighted by atomic mass is 9.75. The zero-order chi connectivity index (χ0) is 21.5. The standard InChI is InChI=1S/C22H21FN2O5/c23-15-6-4-13(5-7-15)14-10-16-19(28)18(21(30)24-11-17(26)27)20(29)22(25(16)12-14)8-2-1-3-9-22/h4-7,10,12,29H,1-3,8-9,11H2,(H,24,30)(H,26,27). The lowest BCUT2D eigenvalue weighted by Gasteiger charge is -2.42. The molecule has 1 aromatic heterocycles. The SMILES string of the molecule is O=C(O)CNC(=O)C1=C(O)C2(CCCCC2)n2cc(-c3ccc(F)cc3)cc2C1=O. The maximum Gasteiger partial charge on any atom is 0.322 e. The molecule has 1 amide bonds. The Kier molecular flexibility index (Phi) is 4.93. The first kappa shape index (κ1) is 19.9. The van der Waals surface area contributed by atoms with E-state index in [4.69, 9.17) is 5.11 Å². The van der Waals surface area contributed by atoms with Gasteiger partial charge in [0.05, 0.1) is 5.69 Å². The Hall–Kier alpha value is -3.42. The van der Waals surface area contributed by atoms with Crippen molar-refractivity contribution in [1.82, 2.24) is 9.88 Å². The van der Waals surface area contributed by atoms with E-state index in [1.165, 1.54) is 12.1 Å². The van der Waals surface area contributed by atoms with Crippen LogP contribution in [0.15, 0.2) is 47.9 Å². The molecule has 1 aliphatic carbocycles. The first-order valence-corrected chi connectivity index (χ1v) is 9.81. The summed E-state index contributed by atoms with van der Waals surface area (Å²) in [4.78, 5) is 36.6. The number of aliphatic hydroxyl groups excluding tert-OH is 1. The molecule has 0 atom stereocenters. The van der Waals surface area contributed by atoms with Crippen molar-refractivity contribution in [2.45, 2.75) is 37.6 Å². The van der Waals surface area contributed by atoms with Crippen LogP contribution in [0.4, 0.5) is 4.39 Å². The van der Waals surface area contributed by atoms with Gasteiger partial charge in [0, 0.05) is 11.8 Å². The van der Waals surface area contributed by atoms with Gasteiger partial charge >= 0.3 is 5.97 Å². The minimum Gasteiger partial charge on any atom is -0.509 e. The number of aromatic nitrogens is 1. The van der Waals surface area contributed by atoms with Crippen molar-refractivity contribution in [1.29, 1.82) is 0 Å². The molecule has 4 rings (SSSR count). The van der Waals surface area contributed by atoms with Crippen molar-refractivity contribution in [2.24, 2.45) is 0 Å². The van der Waals surface area contributed by atoms with Crippen molar-refractivity contribution in [2.75, 3.05) is 6.54 Å². The molecular weight excluding hydrogens is 391 g/mol. The monoisotopic (exact) mass is 412 g/mol. The molecule has 2 heterocycles. The number of ketones is 1. The molecule has 2 aliphatic rings. The molecule has 1 saturated carbocycles. The summed E-state index contributed by atoms with van der Waals surface area (Å²) in [6, 6.07) is 7.48. The van der Waals surface area contributed by atoms with E-state index in [1.54, 1.807) is 29.0 Å². The first-order valence-electron chi connectivity index (χ1n) is 9.81. The van der Waals surface area contributed by atoms with Gasteiger partial charge in [-0.25, -0.2) is 4.39 Å². The number of fused-ring (bicyclic) bond motifs is 2. The highest BCUT2D eigenvalue weighted by molar-refractivity contribution is 6.26. The molecule has 30 heavy (non-hydrogen) atoms. The van der Waals surface area contributed by atoms with E-state index in [0.29, 0.717) is 24.0 Å². The summed E-state index contributed by atoms with van der Waals surface area (Å²) in [5.41, 5.74) is 0.274. The highest BCUT2D eigenvalue weighted by Crippen LogP contribution is 2.46. The zero-order valence-electron chi connectivity index (χ0n) is 16.2. The van der Waals surface area contributed by atoms with Gasteiger partial charge in [-0.15, -0.1) is 0 Å². The number of hydrogen-bond donors (Lipinski definition) is 3. The summed E-state index contributed by atoms with van der Waals surface area (Å²) in [5.74, 6) is -3.51. The second kappa shape index (κ2) is 7.44. The number of aliphatic carboxylic acids is 1. The van der Waals surface area contributed by atoms with E-state index in [0.717, 1.165) is 19.3 Å². The van der Waals surface area contributed by atoms with Gasteiger partial charge in [-0.2, -0.15) is 0 Å². The minimum atomic E-state index is -1.25. The number of rotatable bonds is 4. The molecule has 0 bridgehead atoms. The second-order valence-corrected chi connectivity index (χ2v) is 7.71. The number of carboxylic acid groups (broad SMARTS) is 1. The van der Waals surface area contributed by atoms with E-state index in [9.17, 15) is 23.9 Å². The van der Waals surface area contributed by atoms with Gasteiger partial charge in [-0.1, -0.05) is 31.4 Å². The molecule has 1 fully saturated rings. The van der Waals surface area contributed by atoms with Gasteiger partial charge in [-0.05, 0) is 36.6 Å². The molecule has 0 unspecified atom stereocenters. The first-order chi connectivity index (χ1) is 14.3. The molecule has 156 valence electrons. The molecule has 0 radical (unpaired) electrons. The number of aliphatic hydroxyl groups is 1. The van der Waals surface area contributed by atoms with Crippen molar-refractivity contribution >= 4 is 17.7 Å². The van der Waals surface area contributed by atoms with Gasteiger partial charge in [0.2, 0.25) is 5.78 Å². The van der Waals surface area contributed by atoms with Crippen LogP contribution in [-0.2, 0) is 15.1 Å². The quantitative estimate of drug-likeness (QED) is 0.669. The highest BCUT2D eigenvalue weighted by Gasteiger charge is 2.48. The Labute approximate surface area is 171 Å². The number of carbonyl (C=O) groups excluding carboxylic acids is 2. The molecule has 1 spiro atoms. The number of nitrogens with one attached hydrogen (secondary N) is 1. The van der Waals surface area contributed by atoms with Crippen LogP contribution in [0.25, 0.3) is 11.1 Å². The number of Topliss-reactive ketones (excluding diaryl/α,β-unsaturated/α-hetero) is 1. The van der Waals surface area contributed by atoms with Crippen LogP contribution >= 0.6 is 0 Å². The molecule has 0 saturated heterocycles. The third-order valence-electron chi connectivity index (χ3n) is 5.90. The normalized spacial score (nSPS) is 17.7. The van der Waals surface area contributed by atoms with Crippen molar-refractivity contribution in [3.8, 4) is 11.1 Å². The van der Waals surface area contributed by atoms with Gasteiger partial charge in [-0.3, -0.25) is 14.4 Å². The van der Waals surface area contributed by atoms with Crippen LogP contribution in [0, 0.1) is 5.82 Å². The summed E-state index contributed by atoms with van der Waals surface area (Å²) in [7, 11) is 0. The maximum absolute atomic E-state index is 13.3. The molecule has 3 N–H and O–H groups in total. The molecule has 1 aromatic carbocycles. The third-order valence-corrected chi connectivity index (χ3v) is 5.90. The number of carbonyl (C=O) groups is 3. The fourth-order valence-electron chi connectivity index (χ4n) is 4.44. The second-order valence-electron chi connectivity index (χ2n) is 7.71. The number of hydrogen-bond acceptors (Lipinski definition) is 4. The Morgan fingerprint density at radius 3 is 2.40 bits per heavy atom. The molecular formula is C22H21FN2O5. The van der Waals surface area contributed by atoms with Gasteiger partial charge in [0.25, 0.3) is 5.91 Å². The van der Waals surface area contributed by atoms with E-state index in [2.05, 4.69) is 5.32 Å². The van der Waals surface area contributed by atoms with Gasteiger partial charge in [0.1, 0.15) is 29.2 Å². The Balaban J connectivity index is 1.83. The number of nitrogens with zero attached hydrogens (tertiary/aromatic N) is 1. The fourth-order valence-corrected chi connectivity index (χ4v) is 4.44. The smallest absolute Gasteiger partial charge is 0.322 e. The van der Waals surface area contributed by atoms with Gasteiger partial charge < -0.3 is 20.1 Å². The van der Waals surface area contributed by atoms with Gasteiger partial charge in [0.15, 0.2) is 0 Å². The predicted molar refractivity (Wildman–Crippen MR) is 106 cm³/mol. The largest absolute Gasteiger partial charge is 0.509 e. The van der Waals surface area contributed by atoms with Crippen LogP contribution in [0.3, 0.4) is 0 Å². The topological polar surface area (TPSA) is 109 Å². The van der Waals surface area contributed by atoms with E-state index in [1.807, 2.05) is 0 Å². The summed E-state index contributed by atoms with van der Waals surface area (Å²) in [6.07, 6.45) is 5.45. The van der Waals surface area contributed by atoms with Crippen LogP contribution in [0.5, 0.6) is 0 Å². The molecule has 1 aliphatic heterocycles. The molecule has 2 aromatic rings. The average Bonchev–Trinajstić information content (AvgIpc) is 3.19. The number of amides is 1. The van der Waals surface area contributed by atoms with Crippen molar-refractivity contribution < 1.29 is 29.0 Å². The fraction of sp³-hybridized carbons (Fsp3) is 0.318. The third kappa shape index (κ3) is 3.18. The van der Waals surface area contributed by atoms with Crippen molar-refractivity contribution in [3.63, 3.8) is 0 Å². The maximum atomic E-state index is 13.3. The average molecular weight is 412 g/mol. The molecule has 7 nitrogen and oxygen atoms in total. The number of benzene rings is 1. The zero-order valence-corrected chi connectivity index (χ0v) is 16.2. The van der Waals surface area contributed by atoms with E-state index in [-0.39, 0.29) is 17.3 Å². The number of halogens is 1. The van der Waals surface area contributed by atoms with E-state index >= 15 is 0 Å². The Morgan fingerprint density at radius 1 is 1.10 bits per heavy atom. The number of allylic oxidation sites excluding steroid dienone is 1. The summed E-state index contributed by atoms with van der Waals surface area (Å²) in [5, 5.41) is 22.1. The summed E-state index contributed by atoms with van der Waals surface area (Å²) in [6.45, 7) is -0.655. The van der Waals surface area contributed by atoms with Crippen LogP contribution in [0.1, 0.15) is 42.6 Å². The Bertz CT molecular complexity index is 1060. The predicted octanol–water partition coefficient (Wildman–Crippen LogP) is 3.16. The lowest BCUT2D eigenvalue weighted by molar-refractivity contribution is -0.137. The minimum absolute atomic E-state index is 0.245. The summed E-state index contributed by atoms with van der Waals surface area (Å²) < 4.78 is 15.0.